The van der Waals surface area contributed by atoms with E-state index in [0.29, 0.717) is 5.69 Å². The van der Waals surface area contributed by atoms with E-state index in [1.807, 2.05) is 48.7 Å². The van der Waals surface area contributed by atoms with Gasteiger partial charge in [0.05, 0.1) is 6.21 Å². The molecule has 0 atom stereocenters. The van der Waals surface area contributed by atoms with Gasteiger partial charge in [0.1, 0.15) is 10.7 Å². The van der Waals surface area contributed by atoms with Gasteiger partial charge in [0, 0.05) is 42.6 Å². The molecule has 1 amide bonds. The quantitative estimate of drug-likeness (QED) is 0.282. The van der Waals surface area contributed by atoms with Crippen molar-refractivity contribution in [1.29, 1.82) is 0 Å². The van der Waals surface area contributed by atoms with Gasteiger partial charge in [-0.05, 0) is 24.3 Å². The van der Waals surface area contributed by atoms with Gasteiger partial charge in [0.15, 0.2) is 0 Å². The summed E-state index contributed by atoms with van der Waals surface area (Å²) in [6, 6.07) is 13.6. The first-order valence-electron chi connectivity index (χ1n) is 7.92. The Bertz CT molecular complexity index is 1170. The number of rotatable bonds is 4. The second kappa shape index (κ2) is 7.75. The van der Waals surface area contributed by atoms with Gasteiger partial charge >= 0.3 is 0 Å². The van der Waals surface area contributed by atoms with E-state index in [1.165, 1.54) is 11.3 Å². The average Bonchev–Trinajstić information content (AvgIpc) is 3.29. The van der Waals surface area contributed by atoms with E-state index in [4.69, 9.17) is 0 Å². The van der Waals surface area contributed by atoms with Crippen LogP contribution in [0.3, 0.4) is 0 Å². The highest BCUT2D eigenvalue weighted by molar-refractivity contribution is 9.10. The predicted molar refractivity (Wildman–Crippen MR) is 116 cm³/mol. The molecule has 2 aromatic carbocycles. The highest BCUT2D eigenvalue weighted by Crippen LogP contribution is 2.32. The summed E-state index contributed by atoms with van der Waals surface area (Å²) < 4.78 is 1.90. The Balaban J connectivity index is 1.52. The van der Waals surface area contributed by atoms with Crippen molar-refractivity contribution in [3.8, 4) is 10.6 Å². The number of benzene rings is 2. The molecule has 2 aromatic heterocycles. The maximum atomic E-state index is 12.3. The lowest BCUT2D eigenvalue weighted by Crippen LogP contribution is -2.17. The van der Waals surface area contributed by atoms with Crippen molar-refractivity contribution < 1.29 is 4.79 Å². The van der Waals surface area contributed by atoms with Crippen LogP contribution in [0.4, 0.5) is 0 Å². The molecule has 0 saturated carbocycles. The first kappa shape index (κ1) is 18.1. The number of hydrogen-bond acceptors (Lipinski definition) is 4. The van der Waals surface area contributed by atoms with Crippen molar-refractivity contribution in [3.05, 3.63) is 74.2 Å². The van der Waals surface area contributed by atoms with Gasteiger partial charge in [0.25, 0.3) is 5.91 Å². The van der Waals surface area contributed by atoms with Crippen LogP contribution in [0.2, 0.25) is 0 Å². The molecule has 27 heavy (non-hydrogen) atoms. The number of hydrogen-bond donors (Lipinski definition) is 2. The molecule has 0 bridgehead atoms. The topological polar surface area (TPSA) is 70.1 Å². The van der Waals surface area contributed by atoms with Crippen LogP contribution < -0.4 is 5.43 Å². The van der Waals surface area contributed by atoms with E-state index < -0.39 is 0 Å². The van der Waals surface area contributed by atoms with Crippen LogP contribution in [0.25, 0.3) is 21.5 Å². The SMILES string of the molecule is O=C(NN=Cc1ccccc1Br)c1csc(-c2c[nH]c3ccc(Br)cc23)n1. The number of hydrazone groups is 1. The molecule has 0 spiro atoms. The number of nitrogens with one attached hydrogen (secondary N) is 2. The maximum Gasteiger partial charge on any atom is 0.290 e. The average molecular weight is 504 g/mol. The Hall–Kier alpha value is -2.29. The fourth-order valence-corrected chi connectivity index (χ4v) is 4.15. The first-order valence-corrected chi connectivity index (χ1v) is 10.4. The molecule has 2 N–H and O–H groups in total. The van der Waals surface area contributed by atoms with Crippen molar-refractivity contribution in [2.24, 2.45) is 5.10 Å². The molecule has 0 fully saturated rings. The van der Waals surface area contributed by atoms with E-state index in [2.05, 4.69) is 52.4 Å². The number of nitrogens with zero attached hydrogens (tertiary/aromatic N) is 2. The highest BCUT2D eigenvalue weighted by Gasteiger charge is 2.14. The van der Waals surface area contributed by atoms with Crippen LogP contribution in [0.15, 0.2) is 68.1 Å². The summed E-state index contributed by atoms with van der Waals surface area (Å²) in [6.07, 6.45) is 3.50. The Labute approximate surface area is 175 Å². The standard InChI is InChI=1S/C19H12Br2N4OS/c20-12-5-6-16-13(7-12)14(9-22-16)19-24-17(10-27-19)18(26)25-23-8-11-3-1-2-4-15(11)21/h1-10,22H,(H,25,26). The second-order valence-corrected chi connectivity index (χ2v) is 8.28. The lowest BCUT2D eigenvalue weighted by molar-refractivity contribution is 0.0951. The third-order valence-corrected chi connectivity index (χ3v) is 5.98. The van der Waals surface area contributed by atoms with Crippen LogP contribution in [0.5, 0.6) is 0 Å². The van der Waals surface area contributed by atoms with Crippen molar-refractivity contribution in [2.45, 2.75) is 0 Å². The molecule has 4 rings (SSSR count). The first-order chi connectivity index (χ1) is 13.1. The number of halogens is 2. The predicted octanol–water partition coefficient (Wildman–Crippen LogP) is 5.58. The Morgan fingerprint density at radius 3 is 2.93 bits per heavy atom. The lowest BCUT2D eigenvalue weighted by atomic mass is 10.2. The zero-order chi connectivity index (χ0) is 18.8. The molecular formula is C19H12Br2N4OS. The van der Waals surface area contributed by atoms with Gasteiger partial charge in [-0.3, -0.25) is 4.79 Å². The molecule has 5 nitrogen and oxygen atoms in total. The third-order valence-electron chi connectivity index (χ3n) is 3.89. The molecule has 0 saturated heterocycles. The summed E-state index contributed by atoms with van der Waals surface area (Å²) in [6.45, 7) is 0. The van der Waals surface area contributed by atoms with E-state index in [9.17, 15) is 4.79 Å². The zero-order valence-corrected chi connectivity index (χ0v) is 17.7. The summed E-state index contributed by atoms with van der Waals surface area (Å²) in [7, 11) is 0. The monoisotopic (exact) mass is 502 g/mol. The van der Waals surface area contributed by atoms with Crippen molar-refractivity contribution in [1.82, 2.24) is 15.4 Å². The molecule has 0 aliphatic heterocycles. The molecule has 134 valence electrons. The molecule has 4 aromatic rings. The van der Waals surface area contributed by atoms with Crippen LogP contribution in [-0.4, -0.2) is 22.1 Å². The summed E-state index contributed by atoms with van der Waals surface area (Å²) in [5, 5.41) is 7.57. The number of carbonyl (C=O) groups is 1. The summed E-state index contributed by atoms with van der Waals surface area (Å²) >= 11 is 8.35. The van der Waals surface area contributed by atoms with Crippen molar-refractivity contribution >= 4 is 66.2 Å². The third kappa shape index (κ3) is 3.87. The Morgan fingerprint density at radius 1 is 1.22 bits per heavy atom. The summed E-state index contributed by atoms with van der Waals surface area (Å²) in [5.74, 6) is -0.346. The Morgan fingerprint density at radius 2 is 2.07 bits per heavy atom. The molecule has 0 aliphatic carbocycles. The van der Waals surface area contributed by atoms with Gasteiger partial charge in [-0.2, -0.15) is 5.10 Å². The molecule has 0 unspecified atom stereocenters. The molecule has 0 radical (unpaired) electrons. The van der Waals surface area contributed by atoms with Crippen molar-refractivity contribution in [2.75, 3.05) is 0 Å². The summed E-state index contributed by atoms with van der Waals surface area (Å²) in [5.41, 5.74) is 5.72. The van der Waals surface area contributed by atoms with E-state index >= 15 is 0 Å². The van der Waals surface area contributed by atoms with Gasteiger partial charge in [-0.1, -0.05) is 50.1 Å². The van der Waals surface area contributed by atoms with E-state index in [-0.39, 0.29) is 5.91 Å². The fourth-order valence-electron chi connectivity index (χ4n) is 2.57. The number of amides is 1. The van der Waals surface area contributed by atoms with E-state index in [1.54, 1.807) is 11.6 Å². The van der Waals surface area contributed by atoms with Crippen LogP contribution >= 0.6 is 43.2 Å². The minimum Gasteiger partial charge on any atom is -0.360 e. The normalized spacial score (nSPS) is 11.3. The molecular weight excluding hydrogens is 492 g/mol. The number of fused-ring (bicyclic) bond motifs is 1. The highest BCUT2D eigenvalue weighted by atomic mass is 79.9. The van der Waals surface area contributed by atoms with Crippen LogP contribution in [0.1, 0.15) is 16.1 Å². The van der Waals surface area contributed by atoms with E-state index in [0.717, 1.165) is 36.0 Å². The number of H-pyrrole nitrogens is 1. The van der Waals surface area contributed by atoms with Crippen LogP contribution in [-0.2, 0) is 0 Å². The number of carbonyl (C=O) groups excluding carboxylic acids is 1. The minimum atomic E-state index is -0.346. The fraction of sp³-hybridized carbons (Fsp3) is 0. The summed E-state index contributed by atoms with van der Waals surface area (Å²) in [4.78, 5) is 20.0. The van der Waals surface area contributed by atoms with Gasteiger partial charge in [-0.25, -0.2) is 10.4 Å². The maximum absolute atomic E-state index is 12.3. The Kier molecular flexibility index (Phi) is 5.20. The number of aromatic amines is 1. The second-order valence-electron chi connectivity index (χ2n) is 5.65. The molecule has 8 heteroatoms. The van der Waals surface area contributed by atoms with Gasteiger partial charge in [0.2, 0.25) is 0 Å². The smallest absolute Gasteiger partial charge is 0.290 e. The number of aromatic nitrogens is 2. The number of thiazole rings is 1. The molecule has 2 heterocycles. The van der Waals surface area contributed by atoms with Crippen molar-refractivity contribution in [3.63, 3.8) is 0 Å². The van der Waals surface area contributed by atoms with Gasteiger partial charge < -0.3 is 4.98 Å². The minimum absolute atomic E-state index is 0.337. The van der Waals surface area contributed by atoms with Gasteiger partial charge in [-0.15, -0.1) is 11.3 Å². The van der Waals surface area contributed by atoms with Crippen LogP contribution in [0, 0.1) is 0 Å². The largest absolute Gasteiger partial charge is 0.360 e. The molecule has 0 aliphatic rings. The zero-order valence-electron chi connectivity index (χ0n) is 13.7. The lowest BCUT2D eigenvalue weighted by Gasteiger charge is -1.98.